The Hall–Kier alpha value is 0.920. The van der Waals surface area contributed by atoms with Crippen LogP contribution in [0.25, 0.3) is 0 Å². The molecule has 0 fully saturated rings. The van der Waals surface area contributed by atoms with Crippen LogP contribution in [0.4, 0.5) is 0 Å². The Kier molecular flexibility index (Phi) is 15.5. The van der Waals surface area contributed by atoms with Crippen LogP contribution in [0.15, 0.2) is 0 Å². The molecule has 0 saturated heterocycles. The Bertz CT molecular complexity index is 23.7. The van der Waals surface area contributed by atoms with Crippen molar-refractivity contribution in [3.05, 3.63) is 0 Å². The first-order valence-corrected chi connectivity index (χ1v) is 2.23. The molecule has 2 nitrogen and oxygen atoms in total. The Morgan fingerprint density at radius 1 is 1.57 bits per heavy atom. The minimum absolute atomic E-state index is 0. The average molecular weight is 113 g/mol. The van der Waals surface area contributed by atoms with Gasteiger partial charge in [-0.15, -0.1) is 0 Å². The first kappa shape index (κ1) is 10.8. The van der Waals surface area contributed by atoms with Crippen molar-refractivity contribution in [1.82, 2.24) is 5.32 Å². The van der Waals surface area contributed by atoms with Gasteiger partial charge in [0.1, 0.15) is 0 Å². The van der Waals surface area contributed by atoms with Crippen molar-refractivity contribution in [2.75, 3.05) is 19.7 Å². The van der Waals surface area contributed by atoms with E-state index in [1.807, 2.05) is 6.92 Å². The van der Waals surface area contributed by atoms with Gasteiger partial charge in [-0.25, -0.2) is 0 Å². The second-order valence-corrected chi connectivity index (χ2v) is 1.08. The second-order valence-electron chi connectivity index (χ2n) is 1.08. The summed E-state index contributed by atoms with van der Waals surface area (Å²) >= 11 is 0. The zero-order valence-corrected chi connectivity index (χ0v) is 4.07. The maximum atomic E-state index is 8.13. The molecule has 0 aromatic carbocycles. The van der Waals surface area contributed by atoms with Crippen LogP contribution < -0.4 is 5.32 Å². The Labute approximate surface area is 66.6 Å². The number of rotatable bonds is 3. The molecule has 0 aliphatic carbocycles. The van der Waals surface area contributed by atoms with Crippen LogP contribution in [0.2, 0.25) is 0 Å². The fourth-order valence-electron chi connectivity index (χ4n) is 0.256. The predicted octanol–water partition coefficient (Wildman–Crippen LogP) is -1.06. The molecule has 0 unspecified atom stereocenters. The quantitative estimate of drug-likeness (QED) is 0.361. The Morgan fingerprint density at radius 3 is 2.29 bits per heavy atom. The number of hydrogen-bond donors (Lipinski definition) is 2. The molecule has 0 aliphatic heterocycles. The van der Waals surface area contributed by atoms with Crippen LogP contribution in [-0.2, 0) is 0 Å². The van der Waals surface area contributed by atoms with E-state index < -0.39 is 0 Å². The summed E-state index contributed by atoms with van der Waals surface area (Å²) in [5.41, 5.74) is 0. The van der Waals surface area contributed by atoms with Gasteiger partial charge in [0.05, 0.1) is 6.61 Å². The molecule has 0 radical (unpaired) electrons. The van der Waals surface area contributed by atoms with Crippen LogP contribution in [-0.4, -0.2) is 54.4 Å². The molecule has 0 amide bonds. The third kappa shape index (κ3) is 10.9. The van der Waals surface area contributed by atoms with Gasteiger partial charge in [0.2, 0.25) is 0 Å². The van der Waals surface area contributed by atoms with E-state index in [1.54, 1.807) is 0 Å². The van der Waals surface area contributed by atoms with Crippen molar-refractivity contribution in [1.29, 1.82) is 0 Å². The number of hydrogen-bond acceptors (Lipinski definition) is 2. The minimum atomic E-state index is 0. The van der Waals surface area contributed by atoms with E-state index in [0.717, 1.165) is 13.1 Å². The molecule has 7 heavy (non-hydrogen) atoms. The monoisotopic (exact) mass is 113 g/mol. The van der Waals surface area contributed by atoms with Gasteiger partial charge in [0.25, 0.3) is 0 Å². The van der Waals surface area contributed by atoms with Gasteiger partial charge in [-0.2, -0.15) is 0 Å². The fraction of sp³-hybridized carbons (Fsp3) is 1.00. The number of likely N-dealkylation sites (N-methyl/N-ethyl adjacent to an activating group) is 1. The number of nitrogens with one attached hydrogen (secondary N) is 1. The molecule has 40 valence electrons. The van der Waals surface area contributed by atoms with Gasteiger partial charge in [-0.3, -0.25) is 0 Å². The van der Waals surface area contributed by atoms with Gasteiger partial charge in [-0.05, 0) is 6.54 Å². The van der Waals surface area contributed by atoms with Crippen LogP contribution >= 0.6 is 0 Å². The summed E-state index contributed by atoms with van der Waals surface area (Å²) in [5.74, 6) is 0. The molecule has 2 N–H and O–H groups in total. The summed E-state index contributed by atoms with van der Waals surface area (Å²) in [6.45, 7) is 3.92. The molecular weight excluding hydrogens is 101 g/mol. The van der Waals surface area contributed by atoms with E-state index in [0.29, 0.717) is 0 Å². The van der Waals surface area contributed by atoms with Crippen molar-refractivity contribution < 1.29 is 5.11 Å². The molecule has 0 spiro atoms. The second kappa shape index (κ2) is 10.0. The summed E-state index contributed by atoms with van der Waals surface area (Å²) < 4.78 is 0. The molecule has 0 bridgehead atoms. The van der Waals surface area contributed by atoms with Gasteiger partial charge < -0.3 is 10.4 Å². The van der Waals surface area contributed by atoms with Gasteiger partial charge in [0.15, 0.2) is 0 Å². The van der Waals surface area contributed by atoms with Crippen molar-refractivity contribution in [3.8, 4) is 0 Å². The molecule has 3 heteroatoms. The van der Waals surface area contributed by atoms with Crippen LogP contribution in [0.5, 0.6) is 0 Å². The normalized spacial score (nSPS) is 7.71. The van der Waals surface area contributed by atoms with Crippen LogP contribution in [0.1, 0.15) is 6.92 Å². The summed E-state index contributed by atoms with van der Waals surface area (Å²) in [5, 5.41) is 11.1. The molecule has 0 heterocycles. The first-order chi connectivity index (χ1) is 2.91. The average Bonchev–Trinajstić information content (AvgIpc) is 1.61. The van der Waals surface area contributed by atoms with Crippen molar-refractivity contribution in [3.63, 3.8) is 0 Å². The van der Waals surface area contributed by atoms with E-state index >= 15 is 0 Å². The summed E-state index contributed by atoms with van der Waals surface area (Å²) in [4.78, 5) is 0. The standard InChI is InChI=1S/C4H11NO.Na.H/c1-2-5-3-4-6;;/h5-6H,2-4H2,1H3;;. The summed E-state index contributed by atoms with van der Waals surface area (Å²) in [6, 6.07) is 0. The molecular formula is C4H12NNaO. The van der Waals surface area contributed by atoms with Crippen LogP contribution in [0, 0.1) is 0 Å². The number of aliphatic hydroxyl groups excluding tert-OH is 1. The van der Waals surface area contributed by atoms with Crippen molar-refractivity contribution in [2.24, 2.45) is 0 Å². The molecule has 0 aromatic rings. The predicted molar refractivity (Wildman–Crippen MR) is 32.8 cm³/mol. The fourth-order valence-corrected chi connectivity index (χ4v) is 0.256. The van der Waals surface area contributed by atoms with E-state index in [9.17, 15) is 0 Å². The molecule has 0 rings (SSSR count). The van der Waals surface area contributed by atoms with E-state index in [-0.39, 0.29) is 36.2 Å². The zero-order chi connectivity index (χ0) is 4.83. The Balaban J connectivity index is 0. The first-order valence-electron chi connectivity index (χ1n) is 2.23. The van der Waals surface area contributed by atoms with Gasteiger partial charge in [-0.1, -0.05) is 6.92 Å². The van der Waals surface area contributed by atoms with E-state index in [2.05, 4.69) is 5.32 Å². The third-order valence-corrected chi connectivity index (χ3v) is 0.539. The van der Waals surface area contributed by atoms with E-state index in [1.165, 1.54) is 0 Å². The zero-order valence-electron chi connectivity index (χ0n) is 4.07. The van der Waals surface area contributed by atoms with Crippen molar-refractivity contribution >= 4 is 29.6 Å². The summed E-state index contributed by atoms with van der Waals surface area (Å²) in [7, 11) is 0. The molecule has 0 aliphatic rings. The molecule has 0 saturated carbocycles. The molecule has 0 aromatic heterocycles. The third-order valence-electron chi connectivity index (χ3n) is 0.539. The maximum absolute atomic E-state index is 8.13. The van der Waals surface area contributed by atoms with Crippen LogP contribution in [0.3, 0.4) is 0 Å². The van der Waals surface area contributed by atoms with E-state index in [4.69, 9.17) is 5.11 Å². The Morgan fingerprint density at radius 2 is 2.14 bits per heavy atom. The van der Waals surface area contributed by atoms with Gasteiger partial charge >= 0.3 is 29.6 Å². The molecule has 0 atom stereocenters. The van der Waals surface area contributed by atoms with Crippen molar-refractivity contribution in [2.45, 2.75) is 6.92 Å². The summed E-state index contributed by atoms with van der Waals surface area (Å²) in [6.07, 6.45) is 0. The number of aliphatic hydroxyl groups is 1. The SMILES string of the molecule is CCNCCO.[NaH]. The topological polar surface area (TPSA) is 32.3 Å². The van der Waals surface area contributed by atoms with Gasteiger partial charge in [0, 0.05) is 6.54 Å².